The van der Waals surface area contributed by atoms with Crippen LogP contribution in [0.25, 0.3) is 10.4 Å². The van der Waals surface area contributed by atoms with Crippen LogP contribution in [0.4, 0.5) is 0 Å². The van der Waals surface area contributed by atoms with Gasteiger partial charge in [-0.15, -0.1) is 0 Å². The van der Waals surface area contributed by atoms with Crippen molar-refractivity contribution >= 4 is 11.9 Å². The van der Waals surface area contributed by atoms with Crippen LogP contribution >= 0.6 is 0 Å². The summed E-state index contributed by atoms with van der Waals surface area (Å²) in [6.45, 7) is 1.16. The van der Waals surface area contributed by atoms with E-state index in [-0.39, 0.29) is 0 Å². The van der Waals surface area contributed by atoms with Gasteiger partial charge in [-0.1, -0.05) is 35.4 Å². The van der Waals surface area contributed by atoms with Gasteiger partial charge < -0.3 is 9.47 Å². The highest BCUT2D eigenvalue weighted by molar-refractivity contribution is 5.79. The third kappa shape index (κ3) is 4.01. The van der Waals surface area contributed by atoms with Gasteiger partial charge >= 0.3 is 11.9 Å². The van der Waals surface area contributed by atoms with Crippen molar-refractivity contribution in [1.29, 1.82) is 0 Å². The van der Waals surface area contributed by atoms with Crippen molar-refractivity contribution in [3.8, 4) is 0 Å². The van der Waals surface area contributed by atoms with Crippen LogP contribution in [-0.4, -0.2) is 25.2 Å². The molecule has 0 heterocycles. The SMILES string of the molecule is COC(=O)[C@@H](OC(C)=O)C(N=[N+]=[N-])c1ccccc1. The van der Waals surface area contributed by atoms with Crippen molar-refractivity contribution in [1.82, 2.24) is 0 Å². The molecule has 7 heteroatoms. The Hall–Kier alpha value is -2.53. The number of ether oxygens (including phenoxy) is 2. The standard InChI is InChI=1S/C12H13N3O4/c1-8(16)19-11(12(17)18-2)10(14-15-13)9-6-4-3-5-7-9/h3-7,10-11H,1-2H3/t10?,11-/m0/s1. The van der Waals surface area contributed by atoms with E-state index in [1.165, 1.54) is 0 Å². The highest BCUT2D eigenvalue weighted by atomic mass is 16.6. The zero-order valence-electron chi connectivity index (χ0n) is 10.5. The number of carbonyl (C=O) groups is 2. The maximum Gasteiger partial charge on any atom is 0.347 e. The van der Waals surface area contributed by atoms with Crippen LogP contribution in [0.1, 0.15) is 18.5 Å². The second-order valence-corrected chi connectivity index (χ2v) is 3.61. The van der Waals surface area contributed by atoms with Crippen molar-refractivity contribution in [2.75, 3.05) is 7.11 Å². The van der Waals surface area contributed by atoms with Crippen LogP contribution in [0.15, 0.2) is 35.4 Å². The Labute approximate surface area is 109 Å². The minimum absolute atomic E-state index is 0.553. The summed E-state index contributed by atoms with van der Waals surface area (Å²) >= 11 is 0. The van der Waals surface area contributed by atoms with E-state index >= 15 is 0 Å². The number of azide groups is 1. The van der Waals surface area contributed by atoms with Crippen molar-refractivity contribution in [3.05, 3.63) is 46.3 Å². The number of hydrogen-bond donors (Lipinski definition) is 0. The summed E-state index contributed by atoms with van der Waals surface area (Å²) in [6.07, 6.45) is -1.30. The number of hydrogen-bond acceptors (Lipinski definition) is 5. The molecule has 2 atom stereocenters. The summed E-state index contributed by atoms with van der Waals surface area (Å²) < 4.78 is 9.46. The molecule has 0 aliphatic heterocycles. The van der Waals surface area contributed by atoms with Crippen molar-refractivity contribution < 1.29 is 19.1 Å². The molecule has 0 fully saturated rings. The molecular weight excluding hydrogens is 250 g/mol. The maximum atomic E-state index is 11.7. The molecule has 0 spiro atoms. The number of rotatable bonds is 5. The first-order chi connectivity index (χ1) is 9.10. The van der Waals surface area contributed by atoms with Gasteiger partial charge in [-0.3, -0.25) is 4.79 Å². The van der Waals surface area contributed by atoms with Gasteiger partial charge in [0.15, 0.2) is 0 Å². The molecule has 0 saturated carbocycles. The van der Waals surface area contributed by atoms with Crippen molar-refractivity contribution in [2.24, 2.45) is 5.11 Å². The second kappa shape index (κ2) is 7.03. The third-order valence-electron chi connectivity index (χ3n) is 2.33. The van der Waals surface area contributed by atoms with E-state index in [4.69, 9.17) is 10.3 Å². The summed E-state index contributed by atoms with van der Waals surface area (Å²) in [5, 5.41) is 3.52. The molecule has 1 rings (SSSR count). The molecule has 1 aromatic carbocycles. The molecule has 0 aliphatic carbocycles. The number of esters is 2. The molecule has 19 heavy (non-hydrogen) atoms. The van der Waals surface area contributed by atoms with Gasteiger partial charge in [-0.2, -0.15) is 0 Å². The normalized spacial score (nSPS) is 12.7. The average molecular weight is 263 g/mol. The molecule has 7 nitrogen and oxygen atoms in total. The largest absolute Gasteiger partial charge is 0.466 e. The first-order valence-corrected chi connectivity index (χ1v) is 5.44. The fourth-order valence-electron chi connectivity index (χ4n) is 1.54. The third-order valence-corrected chi connectivity index (χ3v) is 2.33. The average Bonchev–Trinajstić information content (AvgIpc) is 2.42. The first-order valence-electron chi connectivity index (χ1n) is 5.44. The smallest absolute Gasteiger partial charge is 0.347 e. The Morgan fingerprint density at radius 3 is 2.42 bits per heavy atom. The lowest BCUT2D eigenvalue weighted by molar-refractivity contribution is -0.166. The number of benzene rings is 1. The van der Waals surface area contributed by atoms with Gasteiger partial charge in [0.1, 0.15) is 6.04 Å². The van der Waals surface area contributed by atoms with E-state index in [1.54, 1.807) is 30.3 Å². The van der Waals surface area contributed by atoms with Crippen molar-refractivity contribution in [3.63, 3.8) is 0 Å². The monoisotopic (exact) mass is 263 g/mol. The lowest BCUT2D eigenvalue weighted by Gasteiger charge is -2.21. The molecule has 0 saturated heterocycles. The summed E-state index contributed by atoms with van der Waals surface area (Å²) in [5.74, 6) is -1.44. The molecule has 0 aliphatic rings. The maximum absolute atomic E-state index is 11.7. The fourth-order valence-corrected chi connectivity index (χ4v) is 1.54. The van der Waals surface area contributed by atoms with Crippen LogP contribution in [0.5, 0.6) is 0 Å². The molecule has 0 aromatic heterocycles. The molecule has 1 unspecified atom stereocenters. The lowest BCUT2D eigenvalue weighted by Crippen LogP contribution is -2.32. The van der Waals surface area contributed by atoms with Crippen LogP contribution in [0.3, 0.4) is 0 Å². The predicted octanol–water partition coefficient (Wildman–Crippen LogP) is 2.14. The summed E-state index contributed by atoms with van der Waals surface area (Å²) in [7, 11) is 1.16. The van der Waals surface area contributed by atoms with Gasteiger partial charge in [0.2, 0.25) is 6.10 Å². The Morgan fingerprint density at radius 2 is 1.95 bits per heavy atom. The Bertz CT molecular complexity index is 497. The van der Waals surface area contributed by atoms with E-state index in [0.717, 1.165) is 14.0 Å². The summed E-state index contributed by atoms with van der Waals surface area (Å²) in [4.78, 5) is 25.4. The van der Waals surface area contributed by atoms with E-state index in [9.17, 15) is 9.59 Å². The summed E-state index contributed by atoms with van der Waals surface area (Å²) in [5.41, 5.74) is 9.15. The van der Waals surface area contributed by atoms with Gasteiger partial charge in [0.25, 0.3) is 0 Å². The number of nitrogens with zero attached hydrogens (tertiary/aromatic N) is 3. The molecule has 0 N–H and O–H groups in total. The van der Waals surface area contributed by atoms with E-state index in [0.29, 0.717) is 5.56 Å². The topological polar surface area (TPSA) is 101 Å². The van der Waals surface area contributed by atoms with Crippen molar-refractivity contribution in [2.45, 2.75) is 19.1 Å². The van der Waals surface area contributed by atoms with Crippen LogP contribution in [0, 0.1) is 0 Å². The van der Waals surface area contributed by atoms with Gasteiger partial charge in [-0.25, -0.2) is 4.79 Å². The molecular formula is C12H13N3O4. The number of methoxy groups -OCH3 is 1. The van der Waals surface area contributed by atoms with Crippen LogP contribution in [-0.2, 0) is 19.1 Å². The van der Waals surface area contributed by atoms with E-state index in [2.05, 4.69) is 14.8 Å². The lowest BCUT2D eigenvalue weighted by atomic mass is 10.0. The minimum atomic E-state index is -1.30. The quantitative estimate of drug-likeness (QED) is 0.351. The zero-order valence-corrected chi connectivity index (χ0v) is 10.5. The Morgan fingerprint density at radius 1 is 1.32 bits per heavy atom. The first kappa shape index (κ1) is 14.5. The highest BCUT2D eigenvalue weighted by Crippen LogP contribution is 2.25. The Balaban J connectivity index is 3.15. The number of carbonyl (C=O) groups excluding carboxylic acids is 2. The van der Waals surface area contributed by atoms with E-state index in [1.807, 2.05) is 0 Å². The molecule has 100 valence electrons. The predicted molar refractivity (Wildman–Crippen MR) is 65.9 cm³/mol. The van der Waals surface area contributed by atoms with Gasteiger partial charge in [0.05, 0.1) is 7.11 Å². The van der Waals surface area contributed by atoms with Crippen LogP contribution in [0.2, 0.25) is 0 Å². The zero-order chi connectivity index (χ0) is 14.3. The molecule has 1 aromatic rings. The summed E-state index contributed by atoms with van der Waals surface area (Å²) in [6, 6.07) is 7.57. The fraction of sp³-hybridized carbons (Fsp3) is 0.333. The minimum Gasteiger partial charge on any atom is -0.466 e. The van der Waals surface area contributed by atoms with E-state index < -0.39 is 24.1 Å². The highest BCUT2D eigenvalue weighted by Gasteiger charge is 2.32. The molecule has 0 amide bonds. The second-order valence-electron chi connectivity index (χ2n) is 3.61. The molecule has 0 bridgehead atoms. The van der Waals surface area contributed by atoms with Gasteiger partial charge in [-0.05, 0) is 11.1 Å². The van der Waals surface area contributed by atoms with Gasteiger partial charge in [0, 0.05) is 11.8 Å². The van der Waals surface area contributed by atoms with Crippen LogP contribution < -0.4 is 0 Å². The Kier molecular flexibility index (Phi) is 5.37. The molecule has 0 radical (unpaired) electrons.